The molecule has 0 aromatic rings. The summed E-state index contributed by atoms with van der Waals surface area (Å²) in [5.74, 6) is -0.338. The minimum absolute atomic E-state index is 0.338. The van der Waals surface area contributed by atoms with Crippen molar-refractivity contribution >= 4 is 12.2 Å². The molecular formula is C7H8NO2. The molecule has 1 radical (unpaired) electrons. The molecule has 0 saturated carbocycles. The molecule has 0 aliphatic rings. The summed E-state index contributed by atoms with van der Waals surface area (Å²) in [7, 11) is 0. The van der Waals surface area contributed by atoms with Gasteiger partial charge in [0.1, 0.15) is 0 Å². The number of rotatable bonds is 3. The van der Waals surface area contributed by atoms with Crippen LogP contribution in [0.3, 0.4) is 0 Å². The van der Waals surface area contributed by atoms with Gasteiger partial charge in [0.15, 0.2) is 0 Å². The topological polar surface area (TPSA) is 46.2 Å². The summed E-state index contributed by atoms with van der Waals surface area (Å²) in [4.78, 5) is 20.3. The number of carbonyl (C=O) groups excluding carboxylic acids is 2. The molecular weight excluding hydrogens is 130 g/mol. The van der Waals surface area contributed by atoms with Crippen LogP contribution in [0.25, 0.3) is 0 Å². The third kappa shape index (κ3) is 3.60. The van der Waals surface area contributed by atoms with Crippen molar-refractivity contribution < 1.29 is 9.59 Å². The summed E-state index contributed by atoms with van der Waals surface area (Å²) in [6.07, 6.45) is 4.00. The quantitative estimate of drug-likeness (QED) is 0.570. The summed E-state index contributed by atoms with van der Waals surface area (Å²) < 4.78 is 0. The molecule has 3 nitrogen and oxygen atoms in total. The maximum Gasteiger partial charge on any atom is 0.247 e. The van der Waals surface area contributed by atoms with E-state index in [-0.39, 0.29) is 5.91 Å². The average Bonchev–Trinajstić information content (AvgIpc) is 1.99. The van der Waals surface area contributed by atoms with Crippen molar-refractivity contribution in [3.63, 3.8) is 0 Å². The van der Waals surface area contributed by atoms with Gasteiger partial charge in [0.2, 0.25) is 12.2 Å². The van der Waals surface area contributed by atoms with Gasteiger partial charge in [-0.25, -0.2) is 0 Å². The average molecular weight is 138 g/mol. The first kappa shape index (κ1) is 8.62. The monoisotopic (exact) mass is 138 g/mol. The summed E-state index contributed by atoms with van der Waals surface area (Å²) in [6, 6.07) is 0. The Morgan fingerprint density at radius 1 is 1.70 bits per heavy atom. The van der Waals surface area contributed by atoms with Gasteiger partial charge in [-0.05, 0) is 13.0 Å². The molecule has 1 amide bonds. The van der Waals surface area contributed by atoms with Crippen LogP contribution in [0.1, 0.15) is 6.92 Å². The van der Waals surface area contributed by atoms with Crippen molar-refractivity contribution in [3.05, 3.63) is 24.4 Å². The van der Waals surface area contributed by atoms with E-state index in [2.05, 4.69) is 11.9 Å². The molecule has 0 unspecified atom stereocenters. The van der Waals surface area contributed by atoms with Crippen LogP contribution < -0.4 is 5.32 Å². The molecule has 0 aliphatic carbocycles. The highest BCUT2D eigenvalue weighted by atomic mass is 16.1. The first-order chi connectivity index (χ1) is 4.70. The van der Waals surface area contributed by atoms with Crippen LogP contribution in [0.15, 0.2) is 24.4 Å². The zero-order valence-electron chi connectivity index (χ0n) is 5.68. The normalized spacial score (nSPS) is 10.3. The maximum atomic E-state index is 10.4. The van der Waals surface area contributed by atoms with E-state index in [1.165, 1.54) is 13.1 Å². The van der Waals surface area contributed by atoms with Crippen molar-refractivity contribution in [1.29, 1.82) is 0 Å². The molecule has 0 bridgehead atoms. The molecule has 0 fully saturated rings. The van der Waals surface area contributed by atoms with Gasteiger partial charge in [0.05, 0.1) is 0 Å². The lowest BCUT2D eigenvalue weighted by molar-refractivity contribution is -0.115. The van der Waals surface area contributed by atoms with E-state index in [9.17, 15) is 9.59 Å². The fraction of sp³-hybridized carbons (Fsp3) is 0.143. The molecule has 0 rings (SSSR count). The van der Waals surface area contributed by atoms with Gasteiger partial charge >= 0.3 is 0 Å². The first-order valence-electron chi connectivity index (χ1n) is 2.68. The fourth-order valence-corrected chi connectivity index (χ4v) is 0.268. The van der Waals surface area contributed by atoms with Gasteiger partial charge in [-0.2, -0.15) is 0 Å². The Hall–Kier alpha value is -1.38. The number of allylic oxidation sites excluding steroid dienone is 1. The van der Waals surface area contributed by atoms with E-state index >= 15 is 0 Å². The third-order valence-electron chi connectivity index (χ3n) is 0.777. The molecule has 0 aliphatic heterocycles. The predicted octanol–water partition coefficient (Wildman–Crippen LogP) is 0.302. The van der Waals surface area contributed by atoms with Crippen LogP contribution in [0.4, 0.5) is 0 Å². The number of hydrogen-bond donors (Lipinski definition) is 1. The largest absolute Gasteiger partial charge is 0.329 e. The second-order valence-electron chi connectivity index (χ2n) is 1.64. The van der Waals surface area contributed by atoms with Gasteiger partial charge in [-0.15, -0.1) is 0 Å². The molecule has 0 spiro atoms. The van der Waals surface area contributed by atoms with Crippen molar-refractivity contribution in [3.8, 4) is 0 Å². The zero-order chi connectivity index (χ0) is 7.98. The lowest BCUT2D eigenvalue weighted by atomic mass is 10.4. The maximum absolute atomic E-state index is 10.4. The van der Waals surface area contributed by atoms with Crippen LogP contribution >= 0.6 is 0 Å². The molecule has 10 heavy (non-hydrogen) atoms. The van der Waals surface area contributed by atoms with Gasteiger partial charge in [0.25, 0.3) is 0 Å². The van der Waals surface area contributed by atoms with Crippen molar-refractivity contribution in [2.75, 3.05) is 0 Å². The molecule has 0 aromatic carbocycles. The highest BCUT2D eigenvalue weighted by Gasteiger charge is 1.88. The van der Waals surface area contributed by atoms with E-state index in [4.69, 9.17) is 0 Å². The van der Waals surface area contributed by atoms with Gasteiger partial charge in [-0.1, -0.05) is 6.58 Å². The highest BCUT2D eigenvalue weighted by molar-refractivity contribution is 5.88. The molecule has 0 saturated heterocycles. The predicted molar refractivity (Wildman–Crippen MR) is 37.8 cm³/mol. The highest BCUT2D eigenvalue weighted by Crippen LogP contribution is 1.81. The molecule has 1 N–H and O–H groups in total. The summed E-state index contributed by atoms with van der Waals surface area (Å²) in [5.41, 5.74) is 0.343. The summed E-state index contributed by atoms with van der Waals surface area (Å²) in [5, 5.41) is 2.30. The van der Waals surface area contributed by atoms with E-state index < -0.39 is 0 Å². The lowest BCUT2D eigenvalue weighted by Gasteiger charge is -1.90. The van der Waals surface area contributed by atoms with Crippen molar-refractivity contribution in [2.45, 2.75) is 6.92 Å². The Bertz CT molecular complexity index is 182. The van der Waals surface area contributed by atoms with Crippen LogP contribution in [0.2, 0.25) is 0 Å². The van der Waals surface area contributed by atoms with Gasteiger partial charge in [0, 0.05) is 11.8 Å². The van der Waals surface area contributed by atoms with E-state index in [0.29, 0.717) is 5.57 Å². The Morgan fingerprint density at radius 2 is 2.30 bits per heavy atom. The molecule has 0 heterocycles. The summed E-state index contributed by atoms with van der Waals surface area (Å²) in [6.45, 7) is 4.76. The van der Waals surface area contributed by atoms with E-state index in [1.54, 1.807) is 6.29 Å². The standard InChI is InChI=1S/C7H8NO2/c1-3-7(10)8-4-6(2)5-9/h3-4H,1H2,2H3,(H,8,10). The zero-order valence-corrected chi connectivity index (χ0v) is 5.68. The Morgan fingerprint density at radius 3 is 2.70 bits per heavy atom. The fourth-order valence-electron chi connectivity index (χ4n) is 0.268. The van der Waals surface area contributed by atoms with E-state index in [0.717, 1.165) is 6.08 Å². The number of nitrogens with one attached hydrogen (secondary N) is 1. The van der Waals surface area contributed by atoms with Crippen LogP contribution in [0, 0.1) is 0 Å². The van der Waals surface area contributed by atoms with Crippen molar-refractivity contribution in [1.82, 2.24) is 5.32 Å². The van der Waals surface area contributed by atoms with Crippen molar-refractivity contribution in [2.24, 2.45) is 0 Å². The Labute approximate surface area is 59.4 Å². The van der Waals surface area contributed by atoms with Gasteiger partial charge < -0.3 is 5.32 Å². The Kier molecular flexibility index (Phi) is 3.87. The van der Waals surface area contributed by atoms with E-state index in [1.807, 2.05) is 0 Å². The molecule has 3 heteroatoms. The second kappa shape index (κ2) is 4.49. The SMILES string of the molecule is C=CC(=O)NC=C(C)[C]=O. The van der Waals surface area contributed by atoms with Gasteiger partial charge in [-0.3, -0.25) is 9.59 Å². The first-order valence-corrected chi connectivity index (χ1v) is 2.68. The second-order valence-corrected chi connectivity index (χ2v) is 1.64. The minimum Gasteiger partial charge on any atom is -0.329 e. The lowest BCUT2D eigenvalue weighted by Crippen LogP contribution is -2.13. The smallest absolute Gasteiger partial charge is 0.247 e. The molecule has 0 aromatic heterocycles. The number of hydrogen-bond acceptors (Lipinski definition) is 2. The molecule has 0 atom stereocenters. The summed E-state index contributed by atoms with van der Waals surface area (Å²) >= 11 is 0. The Balaban J connectivity index is 3.82. The molecule has 53 valence electrons. The number of carbonyl (C=O) groups is 1. The third-order valence-corrected chi connectivity index (χ3v) is 0.777. The van der Waals surface area contributed by atoms with Crippen LogP contribution in [-0.2, 0) is 9.59 Å². The van der Waals surface area contributed by atoms with Crippen LogP contribution in [-0.4, -0.2) is 12.2 Å². The van der Waals surface area contributed by atoms with Crippen LogP contribution in [0.5, 0.6) is 0 Å². The number of amides is 1. The minimum atomic E-state index is -0.338.